The molecule has 2 amide bonds. The van der Waals surface area contributed by atoms with Crippen molar-refractivity contribution in [1.29, 1.82) is 0 Å². The zero-order valence-electron chi connectivity index (χ0n) is 15.6. The lowest BCUT2D eigenvalue weighted by Crippen LogP contribution is -2.46. The molecule has 0 unspecified atom stereocenters. The summed E-state index contributed by atoms with van der Waals surface area (Å²) in [5.74, 6) is 1.04. The van der Waals surface area contributed by atoms with Crippen molar-refractivity contribution in [3.63, 3.8) is 0 Å². The molecule has 0 spiro atoms. The standard InChI is InChI=1S/C21H26N2O3S/c1-16-6-2-3-7-18(16)26-14-4-9-20(24)23-12-10-17(11-13-23)22-21(25)19-8-5-15-27-19/h2-3,5-8,15,17H,4,9-14H2,1H3,(H,22,25). The predicted molar refractivity (Wildman–Crippen MR) is 107 cm³/mol. The molecule has 27 heavy (non-hydrogen) atoms. The van der Waals surface area contributed by atoms with Crippen LogP contribution >= 0.6 is 11.3 Å². The molecule has 1 fully saturated rings. The summed E-state index contributed by atoms with van der Waals surface area (Å²) >= 11 is 1.45. The lowest BCUT2D eigenvalue weighted by molar-refractivity contribution is -0.132. The summed E-state index contributed by atoms with van der Waals surface area (Å²) in [7, 11) is 0. The Labute approximate surface area is 164 Å². The normalized spacial score (nSPS) is 14.8. The minimum absolute atomic E-state index is 0.0110. The van der Waals surface area contributed by atoms with Gasteiger partial charge in [-0.25, -0.2) is 0 Å². The van der Waals surface area contributed by atoms with Crippen molar-refractivity contribution < 1.29 is 14.3 Å². The Bertz CT molecular complexity index is 753. The molecule has 144 valence electrons. The molecule has 1 aromatic heterocycles. The second-order valence-electron chi connectivity index (χ2n) is 6.82. The average Bonchev–Trinajstić information content (AvgIpc) is 3.22. The first-order valence-corrected chi connectivity index (χ1v) is 10.3. The lowest BCUT2D eigenvalue weighted by Gasteiger charge is -2.32. The van der Waals surface area contributed by atoms with Gasteiger partial charge in [0.15, 0.2) is 0 Å². The number of hydrogen-bond donors (Lipinski definition) is 1. The molecule has 1 aromatic carbocycles. The zero-order valence-corrected chi connectivity index (χ0v) is 16.5. The van der Waals surface area contributed by atoms with Gasteiger partial charge in [0, 0.05) is 25.6 Å². The molecule has 6 heteroatoms. The van der Waals surface area contributed by atoms with E-state index in [0.29, 0.717) is 32.5 Å². The first-order chi connectivity index (χ1) is 13.1. The minimum atomic E-state index is -0.0110. The number of amides is 2. The highest BCUT2D eigenvalue weighted by Gasteiger charge is 2.24. The zero-order chi connectivity index (χ0) is 19.1. The lowest BCUT2D eigenvalue weighted by atomic mass is 10.0. The van der Waals surface area contributed by atoms with Gasteiger partial charge < -0.3 is 15.0 Å². The van der Waals surface area contributed by atoms with E-state index in [2.05, 4.69) is 5.32 Å². The number of para-hydroxylation sites is 1. The van der Waals surface area contributed by atoms with Crippen LogP contribution in [0.2, 0.25) is 0 Å². The summed E-state index contributed by atoms with van der Waals surface area (Å²) in [5.41, 5.74) is 1.11. The van der Waals surface area contributed by atoms with Crippen LogP contribution in [0.1, 0.15) is 40.9 Å². The maximum atomic E-state index is 12.4. The Hall–Kier alpha value is -2.34. The maximum absolute atomic E-state index is 12.4. The summed E-state index contributed by atoms with van der Waals surface area (Å²) in [5, 5.41) is 4.97. The predicted octanol–water partition coefficient (Wildman–Crippen LogP) is 3.64. The van der Waals surface area contributed by atoms with E-state index >= 15 is 0 Å². The van der Waals surface area contributed by atoms with Crippen LogP contribution in [0.15, 0.2) is 41.8 Å². The molecule has 0 radical (unpaired) electrons. The number of nitrogens with zero attached hydrogens (tertiary/aromatic N) is 1. The van der Waals surface area contributed by atoms with E-state index < -0.39 is 0 Å². The summed E-state index contributed by atoms with van der Waals surface area (Å²) in [6.07, 6.45) is 2.82. The van der Waals surface area contributed by atoms with Crippen LogP contribution in [0.25, 0.3) is 0 Å². The third-order valence-electron chi connectivity index (χ3n) is 4.81. The molecular weight excluding hydrogens is 360 g/mol. The van der Waals surface area contributed by atoms with Gasteiger partial charge in [0.25, 0.3) is 5.91 Å². The maximum Gasteiger partial charge on any atom is 0.261 e. The van der Waals surface area contributed by atoms with E-state index in [1.54, 1.807) is 0 Å². The van der Waals surface area contributed by atoms with Crippen molar-refractivity contribution in [2.75, 3.05) is 19.7 Å². The van der Waals surface area contributed by atoms with E-state index in [4.69, 9.17) is 4.74 Å². The number of nitrogens with one attached hydrogen (secondary N) is 1. The number of rotatable bonds is 7. The largest absolute Gasteiger partial charge is 0.493 e. The fourth-order valence-corrected chi connectivity index (χ4v) is 3.85. The molecular formula is C21H26N2O3S. The number of piperidine rings is 1. The van der Waals surface area contributed by atoms with Gasteiger partial charge in [-0.1, -0.05) is 24.3 Å². The van der Waals surface area contributed by atoms with Crippen LogP contribution in [0, 0.1) is 6.92 Å². The molecule has 1 aliphatic heterocycles. The highest BCUT2D eigenvalue weighted by atomic mass is 32.1. The number of benzene rings is 1. The third-order valence-corrected chi connectivity index (χ3v) is 5.68. The number of likely N-dealkylation sites (tertiary alicyclic amines) is 1. The summed E-state index contributed by atoms with van der Waals surface area (Å²) in [6, 6.07) is 11.8. The van der Waals surface area contributed by atoms with Crippen LogP contribution in [0.4, 0.5) is 0 Å². The number of thiophene rings is 1. The highest BCUT2D eigenvalue weighted by Crippen LogP contribution is 2.17. The summed E-state index contributed by atoms with van der Waals surface area (Å²) in [6.45, 7) is 3.96. The third kappa shape index (κ3) is 5.57. The fraction of sp³-hybridized carbons (Fsp3) is 0.429. The van der Waals surface area contributed by atoms with Crippen LogP contribution in [0.3, 0.4) is 0 Å². The van der Waals surface area contributed by atoms with E-state index in [1.807, 2.05) is 53.6 Å². The summed E-state index contributed by atoms with van der Waals surface area (Å²) in [4.78, 5) is 27.1. The van der Waals surface area contributed by atoms with Gasteiger partial charge >= 0.3 is 0 Å². The minimum Gasteiger partial charge on any atom is -0.493 e. The van der Waals surface area contributed by atoms with Gasteiger partial charge in [0.2, 0.25) is 5.91 Å². The molecule has 5 nitrogen and oxygen atoms in total. The van der Waals surface area contributed by atoms with E-state index in [-0.39, 0.29) is 17.9 Å². The van der Waals surface area contributed by atoms with Crippen LogP contribution in [-0.2, 0) is 4.79 Å². The van der Waals surface area contributed by atoms with Gasteiger partial charge in [-0.15, -0.1) is 11.3 Å². The van der Waals surface area contributed by atoms with E-state index in [1.165, 1.54) is 11.3 Å². The van der Waals surface area contributed by atoms with Crippen molar-refractivity contribution in [2.24, 2.45) is 0 Å². The molecule has 1 N–H and O–H groups in total. The van der Waals surface area contributed by atoms with Crippen molar-refractivity contribution in [2.45, 2.75) is 38.6 Å². The monoisotopic (exact) mass is 386 g/mol. The van der Waals surface area contributed by atoms with Crippen molar-refractivity contribution >= 4 is 23.2 Å². The van der Waals surface area contributed by atoms with E-state index in [9.17, 15) is 9.59 Å². The van der Waals surface area contributed by atoms with Crippen LogP contribution in [-0.4, -0.2) is 42.5 Å². The molecule has 0 aliphatic carbocycles. The number of hydrogen-bond acceptors (Lipinski definition) is 4. The Kier molecular flexibility index (Phi) is 6.87. The molecule has 2 heterocycles. The Balaban J connectivity index is 1.33. The average molecular weight is 387 g/mol. The Morgan fingerprint density at radius 2 is 1.96 bits per heavy atom. The van der Waals surface area contributed by atoms with Crippen LogP contribution in [0.5, 0.6) is 5.75 Å². The SMILES string of the molecule is Cc1ccccc1OCCCC(=O)N1CCC(NC(=O)c2cccs2)CC1. The smallest absolute Gasteiger partial charge is 0.261 e. The van der Waals surface area contributed by atoms with Crippen molar-refractivity contribution in [3.05, 3.63) is 52.2 Å². The molecule has 3 rings (SSSR count). The fourth-order valence-electron chi connectivity index (χ4n) is 3.22. The number of carbonyl (C=O) groups is 2. The second kappa shape index (κ2) is 9.55. The first-order valence-electron chi connectivity index (χ1n) is 9.44. The first kappa shape index (κ1) is 19.4. The van der Waals surface area contributed by atoms with Crippen molar-refractivity contribution in [3.8, 4) is 5.75 Å². The van der Waals surface area contributed by atoms with Gasteiger partial charge in [-0.3, -0.25) is 9.59 Å². The Morgan fingerprint density at radius 1 is 1.19 bits per heavy atom. The molecule has 1 aliphatic rings. The van der Waals surface area contributed by atoms with Gasteiger partial charge in [0.1, 0.15) is 5.75 Å². The number of ether oxygens (including phenoxy) is 1. The molecule has 0 atom stereocenters. The number of carbonyl (C=O) groups excluding carboxylic acids is 2. The quantitative estimate of drug-likeness (QED) is 0.739. The molecule has 0 bridgehead atoms. The summed E-state index contributed by atoms with van der Waals surface area (Å²) < 4.78 is 5.75. The van der Waals surface area contributed by atoms with Gasteiger partial charge in [-0.05, 0) is 49.3 Å². The van der Waals surface area contributed by atoms with Crippen molar-refractivity contribution in [1.82, 2.24) is 10.2 Å². The molecule has 0 saturated carbocycles. The van der Waals surface area contributed by atoms with Gasteiger partial charge in [0.05, 0.1) is 11.5 Å². The highest BCUT2D eigenvalue weighted by molar-refractivity contribution is 7.12. The molecule has 1 saturated heterocycles. The van der Waals surface area contributed by atoms with Crippen LogP contribution < -0.4 is 10.1 Å². The topological polar surface area (TPSA) is 58.6 Å². The second-order valence-corrected chi connectivity index (χ2v) is 7.77. The van der Waals surface area contributed by atoms with E-state index in [0.717, 1.165) is 29.0 Å². The van der Waals surface area contributed by atoms with Gasteiger partial charge in [-0.2, -0.15) is 0 Å². The molecule has 2 aromatic rings. The number of aryl methyl sites for hydroxylation is 1. The Morgan fingerprint density at radius 3 is 2.67 bits per heavy atom.